The second-order valence-electron chi connectivity index (χ2n) is 5.27. The Bertz CT molecular complexity index is 897. The van der Waals surface area contributed by atoms with E-state index in [2.05, 4.69) is 14.4 Å². The van der Waals surface area contributed by atoms with Crippen LogP contribution in [0.15, 0.2) is 71.4 Å². The minimum Gasteiger partial charge on any atom is -0.364 e. The molecule has 0 saturated carbocycles. The van der Waals surface area contributed by atoms with Crippen molar-refractivity contribution in [3.8, 4) is 0 Å². The number of nitrogens with one attached hydrogen (secondary N) is 1. The van der Waals surface area contributed by atoms with Crippen LogP contribution in [0.4, 0.5) is 4.39 Å². The Balaban J connectivity index is 1.93. The molecule has 0 aliphatic rings. The monoisotopic (exact) mass is 346 g/mol. The van der Waals surface area contributed by atoms with Crippen molar-refractivity contribution < 1.29 is 17.3 Å². The van der Waals surface area contributed by atoms with Gasteiger partial charge in [-0.05, 0) is 23.3 Å². The molecule has 2 aromatic carbocycles. The summed E-state index contributed by atoms with van der Waals surface area (Å²) in [7, 11) is -3.71. The summed E-state index contributed by atoms with van der Waals surface area (Å²) in [5.41, 5.74) is 1.53. The van der Waals surface area contributed by atoms with Crippen molar-refractivity contribution in [2.75, 3.05) is 0 Å². The topological polar surface area (TPSA) is 72.2 Å². The van der Waals surface area contributed by atoms with Crippen LogP contribution in [0, 0.1) is 5.82 Å². The maximum atomic E-state index is 13.6. The van der Waals surface area contributed by atoms with Gasteiger partial charge in [0.05, 0.1) is 11.7 Å². The highest BCUT2D eigenvalue weighted by Gasteiger charge is 2.22. The van der Waals surface area contributed by atoms with Crippen LogP contribution in [0.5, 0.6) is 0 Å². The molecule has 3 rings (SSSR count). The van der Waals surface area contributed by atoms with Crippen molar-refractivity contribution in [2.24, 2.45) is 0 Å². The van der Waals surface area contributed by atoms with Crippen LogP contribution in [0.3, 0.4) is 0 Å². The second kappa shape index (κ2) is 6.94. The summed E-state index contributed by atoms with van der Waals surface area (Å²) < 4.78 is 45.8. The average Bonchev–Trinajstić information content (AvgIpc) is 3.06. The SMILES string of the molecule is O=S(=O)(Cc1ccon1)N[C@H](c1ccccc1)c1cccc(F)c1. The zero-order chi connectivity index (χ0) is 17.0. The summed E-state index contributed by atoms with van der Waals surface area (Å²) in [5.74, 6) is -0.744. The first-order chi connectivity index (χ1) is 11.5. The Morgan fingerprint density at radius 2 is 1.79 bits per heavy atom. The first-order valence-corrected chi connectivity index (χ1v) is 8.88. The fourth-order valence-electron chi connectivity index (χ4n) is 2.39. The van der Waals surface area contributed by atoms with Crippen molar-refractivity contribution in [3.05, 3.63) is 89.6 Å². The number of aromatic nitrogens is 1. The number of sulfonamides is 1. The molecule has 1 heterocycles. The van der Waals surface area contributed by atoms with Crippen LogP contribution in [0.25, 0.3) is 0 Å². The Morgan fingerprint density at radius 3 is 2.46 bits per heavy atom. The molecule has 0 saturated heterocycles. The van der Waals surface area contributed by atoms with E-state index in [1.807, 2.05) is 6.07 Å². The Labute approximate surface area is 139 Å². The minimum atomic E-state index is -3.71. The van der Waals surface area contributed by atoms with Crippen LogP contribution < -0.4 is 4.72 Å². The van der Waals surface area contributed by atoms with E-state index in [9.17, 15) is 12.8 Å². The summed E-state index contributed by atoms with van der Waals surface area (Å²) in [4.78, 5) is 0. The lowest BCUT2D eigenvalue weighted by Crippen LogP contribution is -2.30. The molecule has 1 N–H and O–H groups in total. The maximum Gasteiger partial charge on any atom is 0.218 e. The number of rotatable bonds is 6. The molecule has 0 unspecified atom stereocenters. The third-order valence-electron chi connectivity index (χ3n) is 3.44. The fourth-order valence-corrected chi connectivity index (χ4v) is 3.64. The van der Waals surface area contributed by atoms with Gasteiger partial charge in [-0.1, -0.05) is 47.6 Å². The highest BCUT2D eigenvalue weighted by Crippen LogP contribution is 2.24. The minimum absolute atomic E-state index is 0.300. The second-order valence-corrected chi connectivity index (χ2v) is 7.02. The molecular weight excluding hydrogens is 331 g/mol. The molecule has 0 aliphatic heterocycles. The third-order valence-corrected chi connectivity index (χ3v) is 4.71. The lowest BCUT2D eigenvalue weighted by molar-refractivity contribution is 0.413. The molecule has 1 atom stereocenters. The molecule has 3 aromatic rings. The van der Waals surface area contributed by atoms with E-state index >= 15 is 0 Å². The average molecular weight is 346 g/mol. The molecule has 0 aliphatic carbocycles. The predicted octanol–water partition coefficient (Wildman–Crippen LogP) is 3.02. The van der Waals surface area contributed by atoms with Crippen molar-refractivity contribution in [1.29, 1.82) is 0 Å². The van der Waals surface area contributed by atoms with Crippen molar-refractivity contribution in [2.45, 2.75) is 11.8 Å². The molecule has 0 radical (unpaired) electrons. The Kier molecular flexibility index (Phi) is 4.73. The molecule has 0 amide bonds. The molecule has 0 fully saturated rings. The van der Waals surface area contributed by atoms with Crippen LogP contribution in [0.2, 0.25) is 0 Å². The standard InChI is InChI=1S/C17H15FN2O3S/c18-15-8-4-7-14(11-15)17(13-5-2-1-3-6-13)20-24(21,22)12-16-9-10-23-19-16/h1-11,17,20H,12H2/t17-/m1/s1. The zero-order valence-corrected chi connectivity index (χ0v) is 13.4. The molecule has 0 spiro atoms. The van der Waals surface area contributed by atoms with Crippen molar-refractivity contribution in [1.82, 2.24) is 9.88 Å². The van der Waals surface area contributed by atoms with Gasteiger partial charge in [-0.2, -0.15) is 0 Å². The maximum absolute atomic E-state index is 13.6. The Hall–Kier alpha value is -2.51. The molecule has 0 bridgehead atoms. The third kappa shape index (κ3) is 4.06. The van der Waals surface area contributed by atoms with Gasteiger partial charge in [-0.25, -0.2) is 17.5 Å². The van der Waals surface area contributed by atoms with Gasteiger partial charge < -0.3 is 4.52 Å². The smallest absolute Gasteiger partial charge is 0.218 e. The van der Waals surface area contributed by atoms with Gasteiger partial charge in [0.25, 0.3) is 0 Å². The van der Waals surface area contributed by atoms with Gasteiger partial charge in [-0.15, -0.1) is 0 Å². The van der Waals surface area contributed by atoms with E-state index in [4.69, 9.17) is 0 Å². The van der Waals surface area contributed by atoms with Crippen molar-refractivity contribution in [3.63, 3.8) is 0 Å². The number of nitrogens with zero attached hydrogens (tertiary/aromatic N) is 1. The summed E-state index contributed by atoms with van der Waals surface area (Å²) in [6, 6.07) is 15.6. The summed E-state index contributed by atoms with van der Waals surface area (Å²) >= 11 is 0. The first-order valence-electron chi connectivity index (χ1n) is 7.23. The molecule has 1 aromatic heterocycles. The van der Waals surface area contributed by atoms with E-state index in [0.29, 0.717) is 16.8 Å². The van der Waals surface area contributed by atoms with Gasteiger partial charge in [0, 0.05) is 6.07 Å². The van der Waals surface area contributed by atoms with E-state index in [1.54, 1.807) is 36.4 Å². The molecule has 5 nitrogen and oxygen atoms in total. The Morgan fingerprint density at radius 1 is 1.04 bits per heavy atom. The van der Waals surface area contributed by atoms with Crippen molar-refractivity contribution >= 4 is 10.0 Å². The van der Waals surface area contributed by atoms with Crippen LogP contribution in [-0.4, -0.2) is 13.6 Å². The fraction of sp³-hybridized carbons (Fsp3) is 0.118. The number of hydrogen-bond donors (Lipinski definition) is 1. The summed E-state index contributed by atoms with van der Waals surface area (Å²) in [6.07, 6.45) is 1.31. The van der Waals surface area contributed by atoms with Gasteiger partial charge in [-0.3, -0.25) is 0 Å². The van der Waals surface area contributed by atoms with E-state index in [-0.39, 0.29) is 5.75 Å². The molecule has 124 valence electrons. The number of benzene rings is 2. The van der Waals surface area contributed by atoms with Crippen LogP contribution in [-0.2, 0) is 15.8 Å². The predicted molar refractivity (Wildman–Crippen MR) is 86.9 cm³/mol. The molecule has 24 heavy (non-hydrogen) atoms. The quantitative estimate of drug-likeness (QED) is 0.745. The number of halogens is 1. The van der Waals surface area contributed by atoms with Gasteiger partial charge in [0.1, 0.15) is 17.8 Å². The zero-order valence-electron chi connectivity index (χ0n) is 12.6. The van der Waals surface area contributed by atoms with Crippen LogP contribution in [0.1, 0.15) is 22.9 Å². The lowest BCUT2D eigenvalue weighted by atomic mass is 10.00. The molecule has 7 heteroatoms. The van der Waals surface area contributed by atoms with Gasteiger partial charge in [0.15, 0.2) is 0 Å². The summed E-state index contributed by atoms with van der Waals surface area (Å²) in [6.45, 7) is 0. The van der Waals surface area contributed by atoms with E-state index in [0.717, 1.165) is 0 Å². The number of hydrogen-bond acceptors (Lipinski definition) is 4. The van der Waals surface area contributed by atoms with E-state index < -0.39 is 21.9 Å². The van der Waals surface area contributed by atoms with Crippen LogP contribution >= 0.6 is 0 Å². The largest absolute Gasteiger partial charge is 0.364 e. The van der Waals surface area contributed by atoms with Gasteiger partial charge >= 0.3 is 0 Å². The normalized spacial score (nSPS) is 12.9. The summed E-state index contributed by atoms with van der Waals surface area (Å²) in [5, 5.41) is 3.61. The first kappa shape index (κ1) is 16.4. The lowest BCUT2D eigenvalue weighted by Gasteiger charge is -2.19. The highest BCUT2D eigenvalue weighted by atomic mass is 32.2. The molecular formula is C17H15FN2O3S. The van der Waals surface area contributed by atoms with E-state index in [1.165, 1.54) is 24.5 Å². The van der Waals surface area contributed by atoms with Gasteiger partial charge in [0.2, 0.25) is 10.0 Å². The highest BCUT2D eigenvalue weighted by molar-refractivity contribution is 7.88.